The van der Waals surface area contributed by atoms with Gasteiger partial charge in [0.1, 0.15) is 0 Å². The van der Waals surface area contributed by atoms with Crippen LogP contribution in [0.5, 0.6) is 0 Å². The predicted octanol–water partition coefficient (Wildman–Crippen LogP) is 7.09. The Morgan fingerprint density at radius 1 is 0.581 bits per heavy atom. The molecule has 0 radical (unpaired) electrons. The Morgan fingerprint density at radius 2 is 1.26 bits per heavy atom. The number of likely N-dealkylation sites (tertiary alicyclic amines) is 2. The van der Waals surface area contributed by atoms with E-state index in [0.717, 1.165) is 23.7 Å². The molecule has 2 heterocycles. The number of nitrogens with zero attached hydrogens (tertiary/aromatic N) is 2. The lowest BCUT2D eigenvalue weighted by molar-refractivity contribution is -0.177. The van der Waals surface area contributed by atoms with Crippen LogP contribution in [-0.2, 0) is 0 Å². The van der Waals surface area contributed by atoms with E-state index < -0.39 is 0 Å². The minimum Gasteiger partial charge on any atom is -0.285 e. The third-order valence-corrected chi connectivity index (χ3v) is 12.4. The Labute approximate surface area is 192 Å². The normalized spacial score (nSPS) is 48.6. The summed E-state index contributed by atoms with van der Waals surface area (Å²) in [5, 5.41) is 0. The van der Waals surface area contributed by atoms with Gasteiger partial charge >= 0.3 is 0 Å². The highest BCUT2D eigenvalue weighted by molar-refractivity contribution is 5.11. The second-order valence-corrected chi connectivity index (χ2v) is 13.5. The van der Waals surface area contributed by atoms with Crippen LogP contribution in [0.4, 0.5) is 0 Å². The summed E-state index contributed by atoms with van der Waals surface area (Å²) < 4.78 is 0. The molecule has 2 saturated heterocycles. The standard InChI is InChI=1S/C29H50N2/c1-27-14-9-10-25(27)24-12-11-23-22-29(30-18-5-3-6-19-30,31-20-7-4-8-21-31)17-16-28(23,2)26(24)13-15-27/h23-26H,3-22H2,1-2H3/t23-,24-,25-,26-,27-,28-/m0/s1. The van der Waals surface area contributed by atoms with Crippen molar-refractivity contribution in [2.24, 2.45) is 34.5 Å². The van der Waals surface area contributed by atoms with Gasteiger partial charge in [0.25, 0.3) is 0 Å². The zero-order chi connectivity index (χ0) is 21.1. The maximum atomic E-state index is 3.03. The Balaban J connectivity index is 1.27. The zero-order valence-electron chi connectivity index (χ0n) is 20.8. The minimum absolute atomic E-state index is 0.425. The van der Waals surface area contributed by atoms with Crippen molar-refractivity contribution >= 4 is 0 Å². The van der Waals surface area contributed by atoms with Crippen molar-refractivity contribution in [3.63, 3.8) is 0 Å². The molecule has 4 saturated carbocycles. The van der Waals surface area contributed by atoms with Gasteiger partial charge in [0.2, 0.25) is 0 Å². The average Bonchev–Trinajstić information content (AvgIpc) is 3.22. The first-order valence-corrected chi connectivity index (χ1v) is 14.6. The molecule has 6 fully saturated rings. The molecule has 2 nitrogen and oxygen atoms in total. The van der Waals surface area contributed by atoms with E-state index in [1.54, 1.807) is 32.1 Å². The van der Waals surface area contributed by atoms with E-state index in [1.807, 2.05) is 0 Å². The van der Waals surface area contributed by atoms with Crippen LogP contribution in [0.2, 0.25) is 0 Å². The maximum absolute atomic E-state index is 3.03. The highest BCUT2D eigenvalue weighted by Gasteiger charge is 2.61. The van der Waals surface area contributed by atoms with Crippen LogP contribution in [0.3, 0.4) is 0 Å². The summed E-state index contributed by atoms with van der Waals surface area (Å²) in [7, 11) is 0. The van der Waals surface area contributed by atoms with E-state index in [0.29, 0.717) is 16.5 Å². The third-order valence-electron chi connectivity index (χ3n) is 12.4. The summed E-state index contributed by atoms with van der Waals surface area (Å²) in [6.45, 7) is 11.0. The molecule has 6 rings (SSSR count). The molecule has 2 aliphatic heterocycles. The Morgan fingerprint density at radius 3 is 1.94 bits per heavy atom. The molecule has 6 atom stereocenters. The summed E-state index contributed by atoms with van der Waals surface area (Å²) in [4.78, 5) is 6.06. The lowest BCUT2D eigenvalue weighted by atomic mass is 9.44. The summed E-state index contributed by atoms with van der Waals surface area (Å²) in [5.41, 5.74) is 1.78. The first kappa shape index (κ1) is 21.5. The van der Waals surface area contributed by atoms with E-state index in [2.05, 4.69) is 23.6 Å². The minimum atomic E-state index is 0.425. The zero-order valence-corrected chi connectivity index (χ0v) is 20.8. The smallest absolute Gasteiger partial charge is 0.0740 e. The van der Waals surface area contributed by atoms with E-state index in [-0.39, 0.29) is 0 Å². The number of hydrogen-bond acceptors (Lipinski definition) is 2. The lowest BCUT2D eigenvalue weighted by Crippen LogP contribution is -2.67. The van der Waals surface area contributed by atoms with Crippen molar-refractivity contribution < 1.29 is 0 Å². The predicted molar refractivity (Wildman–Crippen MR) is 130 cm³/mol. The summed E-state index contributed by atoms with van der Waals surface area (Å²) in [6.07, 6.45) is 24.1. The highest BCUT2D eigenvalue weighted by atomic mass is 15.4. The van der Waals surface area contributed by atoms with Gasteiger partial charge in [0.15, 0.2) is 0 Å². The van der Waals surface area contributed by atoms with E-state index in [1.165, 1.54) is 96.8 Å². The molecule has 6 aliphatic rings. The summed E-state index contributed by atoms with van der Waals surface area (Å²) in [5.74, 6) is 4.17. The van der Waals surface area contributed by atoms with Crippen molar-refractivity contribution in [1.29, 1.82) is 0 Å². The van der Waals surface area contributed by atoms with Gasteiger partial charge in [-0.2, -0.15) is 0 Å². The van der Waals surface area contributed by atoms with Crippen molar-refractivity contribution in [2.75, 3.05) is 26.2 Å². The Hall–Kier alpha value is -0.0800. The fourth-order valence-corrected chi connectivity index (χ4v) is 10.6. The second-order valence-electron chi connectivity index (χ2n) is 13.5. The molecule has 0 spiro atoms. The monoisotopic (exact) mass is 426 g/mol. The number of rotatable bonds is 2. The molecule has 4 aliphatic carbocycles. The SMILES string of the molecule is C[C@@]12CCC[C@H]1[C@@H]1CC[C@H]3CC(N4CCCCC4)(N4CCCCC4)CC[C@]3(C)[C@H]1CC2. The first-order chi connectivity index (χ1) is 15.1. The van der Waals surface area contributed by atoms with Gasteiger partial charge in [-0.25, -0.2) is 0 Å². The van der Waals surface area contributed by atoms with Gasteiger partial charge in [-0.15, -0.1) is 0 Å². The van der Waals surface area contributed by atoms with Crippen molar-refractivity contribution in [3.8, 4) is 0 Å². The third kappa shape index (κ3) is 3.31. The molecule has 0 bridgehead atoms. The average molecular weight is 427 g/mol. The van der Waals surface area contributed by atoms with Gasteiger partial charge in [-0.1, -0.05) is 33.1 Å². The molecule has 0 N–H and O–H groups in total. The van der Waals surface area contributed by atoms with Crippen molar-refractivity contribution in [2.45, 2.75) is 122 Å². The van der Waals surface area contributed by atoms with Crippen LogP contribution >= 0.6 is 0 Å². The molecule has 0 aromatic rings. The van der Waals surface area contributed by atoms with E-state index >= 15 is 0 Å². The van der Waals surface area contributed by atoms with Gasteiger partial charge in [-0.3, -0.25) is 9.80 Å². The molecule has 0 aromatic heterocycles. The van der Waals surface area contributed by atoms with Crippen LogP contribution in [-0.4, -0.2) is 41.6 Å². The number of hydrogen-bond donors (Lipinski definition) is 0. The van der Waals surface area contributed by atoms with Crippen molar-refractivity contribution in [1.82, 2.24) is 9.80 Å². The van der Waals surface area contributed by atoms with E-state index in [9.17, 15) is 0 Å². The van der Waals surface area contributed by atoms with Gasteiger partial charge in [0.05, 0.1) is 5.66 Å². The molecule has 0 amide bonds. The Kier molecular flexibility index (Phi) is 5.54. The van der Waals surface area contributed by atoms with Crippen molar-refractivity contribution in [3.05, 3.63) is 0 Å². The molecular weight excluding hydrogens is 376 g/mol. The van der Waals surface area contributed by atoms with Crippen LogP contribution in [0, 0.1) is 34.5 Å². The van der Waals surface area contributed by atoms with Crippen LogP contribution < -0.4 is 0 Å². The molecule has 31 heavy (non-hydrogen) atoms. The molecule has 0 aromatic carbocycles. The molecule has 176 valence electrons. The highest BCUT2D eigenvalue weighted by Crippen LogP contribution is 2.67. The quantitative estimate of drug-likeness (QED) is 0.465. The van der Waals surface area contributed by atoms with Gasteiger partial charge < -0.3 is 0 Å². The van der Waals surface area contributed by atoms with E-state index in [4.69, 9.17) is 0 Å². The summed E-state index contributed by atoms with van der Waals surface area (Å²) >= 11 is 0. The number of piperidine rings is 2. The number of fused-ring (bicyclic) bond motifs is 5. The van der Waals surface area contributed by atoms with Crippen LogP contribution in [0.15, 0.2) is 0 Å². The fourth-order valence-electron chi connectivity index (χ4n) is 10.6. The molecular formula is C29H50N2. The topological polar surface area (TPSA) is 6.48 Å². The molecule has 0 unspecified atom stereocenters. The van der Waals surface area contributed by atoms with Crippen LogP contribution in [0.25, 0.3) is 0 Å². The maximum Gasteiger partial charge on any atom is 0.0740 e. The fraction of sp³-hybridized carbons (Fsp3) is 1.00. The van der Waals surface area contributed by atoms with Crippen LogP contribution in [0.1, 0.15) is 117 Å². The second kappa shape index (κ2) is 8.00. The Bertz CT molecular complexity index is 629. The van der Waals surface area contributed by atoms with Gasteiger partial charge in [0, 0.05) is 0 Å². The first-order valence-electron chi connectivity index (χ1n) is 14.6. The largest absolute Gasteiger partial charge is 0.285 e. The summed E-state index contributed by atoms with van der Waals surface area (Å²) in [6, 6.07) is 0. The van der Waals surface area contributed by atoms with Gasteiger partial charge in [-0.05, 0) is 144 Å². The lowest BCUT2D eigenvalue weighted by Gasteiger charge is -2.65. The molecule has 2 heteroatoms.